The molecule has 2 aromatic rings. The van der Waals surface area contributed by atoms with Gasteiger partial charge >= 0.3 is 0 Å². The fourth-order valence-corrected chi connectivity index (χ4v) is 5.64. The number of rotatable bonds is 5. The van der Waals surface area contributed by atoms with Gasteiger partial charge in [-0.05, 0) is 58.1 Å². The molecule has 0 unspecified atom stereocenters. The number of nitrogens with one attached hydrogen (secondary N) is 1. The number of benzene rings is 1. The van der Waals surface area contributed by atoms with E-state index in [0.717, 1.165) is 48.1 Å². The lowest BCUT2D eigenvalue weighted by atomic mass is 9.35. The topological polar surface area (TPSA) is 71.5 Å². The van der Waals surface area contributed by atoms with Gasteiger partial charge in [0.25, 0.3) is 0 Å². The first kappa shape index (κ1) is 16.5. The van der Waals surface area contributed by atoms with Gasteiger partial charge in [0.1, 0.15) is 17.4 Å². The van der Waals surface area contributed by atoms with E-state index in [1.54, 1.807) is 11.3 Å². The molecule has 0 spiro atoms. The number of nitrogens with zero attached hydrogens (tertiary/aromatic N) is 1. The van der Waals surface area contributed by atoms with Crippen LogP contribution in [0.2, 0.25) is 0 Å². The van der Waals surface area contributed by atoms with Gasteiger partial charge in [0.15, 0.2) is 0 Å². The monoisotopic (exact) mass is 372 g/mol. The zero-order chi connectivity index (χ0) is 18.2. The van der Waals surface area contributed by atoms with Crippen molar-refractivity contribution in [3.63, 3.8) is 0 Å². The van der Waals surface area contributed by atoms with Crippen molar-refractivity contribution < 1.29 is 14.6 Å². The van der Waals surface area contributed by atoms with Crippen LogP contribution < -0.4 is 10.1 Å². The third-order valence-electron chi connectivity index (χ3n) is 6.80. The Hall–Kier alpha value is -1.66. The van der Waals surface area contributed by atoms with Crippen molar-refractivity contribution in [2.24, 2.45) is 11.3 Å². The minimum absolute atomic E-state index is 0.0256. The molecular weight excluding hydrogens is 348 g/mol. The quantitative estimate of drug-likeness (QED) is 0.845. The van der Waals surface area contributed by atoms with E-state index in [4.69, 9.17) is 4.74 Å². The Labute approximate surface area is 156 Å². The highest BCUT2D eigenvalue weighted by atomic mass is 32.1. The van der Waals surface area contributed by atoms with E-state index >= 15 is 0 Å². The first-order chi connectivity index (χ1) is 12.3. The number of hydrogen-bond acceptors (Lipinski definition) is 5. The van der Waals surface area contributed by atoms with Crippen LogP contribution in [0.15, 0.2) is 23.7 Å². The number of aromatic nitrogens is 1. The Kier molecular flexibility index (Phi) is 3.30. The van der Waals surface area contributed by atoms with E-state index in [0.29, 0.717) is 0 Å². The fourth-order valence-electron chi connectivity index (χ4n) is 4.94. The summed E-state index contributed by atoms with van der Waals surface area (Å²) in [5.74, 6) is 1.02. The van der Waals surface area contributed by atoms with Crippen molar-refractivity contribution in [1.82, 2.24) is 10.3 Å². The van der Waals surface area contributed by atoms with E-state index in [2.05, 4.69) is 10.3 Å². The van der Waals surface area contributed by atoms with Crippen molar-refractivity contribution in [2.45, 2.75) is 63.2 Å². The van der Waals surface area contributed by atoms with Gasteiger partial charge in [0.05, 0.1) is 15.8 Å². The molecule has 6 heteroatoms. The molecule has 5 nitrogen and oxygen atoms in total. The van der Waals surface area contributed by atoms with Gasteiger partial charge in [0, 0.05) is 16.9 Å². The van der Waals surface area contributed by atoms with Crippen molar-refractivity contribution in [3.8, 4) is 5.75 Å². The predicted molar refractivity (Wildman–Crippen MR) is 100 cm³/mol. The largest absolute Gasteiger partial charge is 0.488 e. The van der Waals surface area contributed by atoms with Crippen LogP contribution in [0.3, 0.4) is 0 Å². The highest BCUT2D eigenvalue weighted by Gasteiger charge is 2.73. The number of hydrogen-bond donors (Lipinski definition) is 2. The number of thiazole rings is 1. The van der Waals surface area contributed by atoms with Crippen molar-refractivity contribution >= 4 is 27.5 Å². The molecule has 0 radical (unpaired) electrons. The van der Waals surface area contributed by atoms with Crippen LogP contribution in [-0.2, 0) is 4.79 Å². The first-order valence-corrected chi connectivity index (χ1v) is 10.2. The lowest BCUT2D eigenvalue weighted by Gasteiger charge is -2.74. The third kappa shape index (κ3) is 2.31. The molecule has 26 heavy (non-hydrogen) atoms. The number of fused-ring (bicyclic) bond motifs is 1. The summed E-state index contributed by atoms with van der Waals surface area (Å²) < 4.78 is 7.20. The fraction of sp³-hybridized carbons (Fsp3) is 0.600. The van der Waals surface area contributed by atoms with Crippen LogP contribution in [0.25, 0.3) is 10.2 Å². The zero-order valence-electron chi connectivity index (χ0n) is 15.1. The van der Waals surface area contributed by atoms with Crippen LogP contribution in [0.1, 0.15) is 46.0 Å². The molecule has 138 valence electrons. The molecule has 1 heterocycles. The molecule has 4 saturated carbocycles. The molecular formula is C20H24N2O3S. The average molecular weight is 372 g/mol. The molecule has 4 aliphatic rings. The second-order valence-corrected chi connectivity index (χ2v) is 9.89. The Morgan fingerprint density at radius 2 is 2.08 bits per heavy atom. The molecule has 6 rings (SSSR count). The minimum atomic E-state index is -0.647. The second-order valence-electron chi connectivity index (χ2n) is 9.00. The van der Waals surface area contributed by atoms with E-state index < -0.39 is 5.60 Å². The number of amides is 1. The molecule has 0 saturated heterocycles. The highest BCUT2D eigenvalue weighted by molar-refractivity contribution is 7.16. The average Bonchev–Trinajstić information content (AvgIpc) is 2.92. The Balaban J connectivity index is 1.14. The van der Waals surface area contributed by atoms with Crippen LogP contribution in [0.4, 0.5) is 0 Å². The van der Waals surface area contributed by atoms with Crippen LogP contribution in [-0.4, -0.2) is 33.2 Å². The summed E-state index contributed by atoms with van der Waals surface area (Å²) in [6.45, 7) is 3.77. The maximum atomic E-state index is 12.5. The van der Waals surface area contributed by atoms with Gasteiger partial charge < -0.3 is 15.2 Å². The summed E-state index contributed by atoms with van der Waals surface area (Å²) in [5, 5.41) is 13.5. The third-order valence-corrected chi connectivity index (χ3v) is 7.59. The molecule has 2 N–H and O–H groups in total. The molecule has 4 fully saturated rings. The van der Waals surface area contributed by atoms with Crippen molar-refractivity contribution in [2.75, 3.05) is 0 Å². The van der Waals surface area contributed by atoms with E-state index in [9.17, 15) is 9.90 Å². The predicted octanol–water partition coefficient (Wildman–Crippen LogP) is 3.26. The van der Waals surface area contributed by atoms with Crippen molar-refractivity contribution in [3.05, 3.63) is 23.7 Å². The number of carbonyl (C=O) groups is 1. The van der Waals surface area contributed by atoms with Crippen LogP contribution in [0, 0.1) is 11.3 Å². The second kappa shape index (κ2) is 5.20. The van der Waals surface area contributed by atoms with Gasteiger partial charge in [-0.15, -0.1) is 11.3 Å². The molecule has 1 aromatic heterocycles. The van der Waals surface area contributed by atoms with Gasteiger partial charge in [0.2, 0.25) is 5.91 Å². The van der Waals surface area contributed by atoms with E-state index in [-0.39, 0.29) is 28.9 Å². The normalized spacial score (nSPS) is 35.2. The summed E-state index contributed by atoms with van der Waals surface area (Å²) in [6, 6.07) is 5.98. The Bertz CT molecular complexity index is 859. The summed E-state index contributed by atoms with van der Waals surface area (Å²) >= 11 is 1.61. The van der Waals surface area contributed by atoms with Gasteiger partial charge in [-0.1, -0.05) is 6.07 Å². The summed E-state index contributed by atoms with van der Waals surface area (Å²) in [5.41, 5.74) is 2.08. The first-order valence-electron chi connectivity index (χ1n) is 9.33. The van der Waals surface area contributed by atoms with E-state index in [1.165, 1.54) is 0 Å². The molecule has 1 aromatic carbocycles. The van der Waals surface area contributed by atoms with Crippen molar-refractivity contribution in [1.29, 1.82) is 0 Å². The summed E-state index contributed by atoms with van der Waals surface area (Å²) in [4.78, 5) is 16.9. The number of para-hydroxylation sites is 1. The maximum Gasteiger partial charge on any atom is 0.223 e. The number of carbonyl (C=O) groups excluding carboxylic acids is 1. The number of aliphatic hydroxyl groups is 1. The molecule has 0 atom stereocenters. The lowest BCUT2D eigenvalue weighted by molar-refractivity contribution is -0.251. The Morgan fingerprint density at radius 1 is 1.35 bits per heavy atom. The lowest BCUT2D eigenvalue weighted by Crippen LogP contribution is -2.80. The van der Waals surface area contributed by atoms with Gasteiger partial charge in [-0.25, -0.2) is 4.98 Å². The van der Waals surface area contributed by atoms with Gasteiger partial charge in [-0.2, -0.15) is 0 Å². The molecule has 4 aliphatic carbocycles. The summed E-state index contributed by atoms with van der Waals surface area (Å²) in [6.07, 6.45) is 4.35. The van der Waals surface area contributed by atoms with Crippen LogP contribution >= 0.6 is 11.3 Å². The molecule has 1 amide bonds. The summed E-state index contributed by atoms with van der Waals surface area (Å²) in [7, 11) is 0. The van der Waals surface area contributed by atoms with Crippen LogP contribution in [0.5, 0.6) is 5.75 Å². The highest BCUT2D eigenvalue weighted by Crippen LogP contribution is 2.71. The molecule has 2 bridgehead atoms. The minimum Gasteiger partial charge on any atom is -0.488 e. The van der Waals surface area contributed by atoms with E-state index in [1.807, 2.05) is 37.6 Å². The van der Waals surface area contributed by atoms with Gasteiger partial charge in [-0.3, -0.25) is 4.79 Å². The maximum absolute atomic E-state index is 12.5. The zero-order valence-corrected chi connectivity index (χ0v) is 15.9. The molecule has 0 aliphatic heterocycles. The Morgan fingerprint density at radius 3 is 2.77 bits per heavy atom. The SMILES string of the molecule is CC(C)(O)C12CC(NC(=O)[C@H]3C[C@H](Oc4cccc5scnc45)C3)(C1)C2. The smallest absolute Gasteiger partial charge is 0.223 e. The number of ether oxygens (including phenoxy) is 1. The standard InChI is InChI=1S/C20H24N2O3S/c1-18(2,24)19-8-20(9-19,10-19)22-17(23)12-6-13(7-12)25-14-4-3-5-15-16(14)21-11-26-15/h3-5,11-13,24H,6-10H2,1-2H3,(H,22,23)/t12-,13-,19?,20?.